The lowest BCUT2D eigenvalue weighted by Crippen LogP contribution is -2.36. The number of benzene rings is 1. The molecule has 0 amide bonds. The monoisotopic (exact) mass is 318 g/mol. The normalized spacial score (nSPS) is 22.0. The first-order chi connectivity index (χ1) is 10.7. The molecule has 0 saturated heterocycles. The molecule has 4 nitrogen and oxygen atoms in total. The van der Waals surface area contributed by atoms with E-state index < -0.39 is 6.04 Å². The Labute approximate surface area is 136 Å². The lowest BCUT2D eigenvalue weighted by atomic mass is 10.0. The van der Waals surface area contributed by atoms with Crippen LogP contribution >= 0.6 is 11.8 Å². The zero-order valence-corrected chi connectivity index (χ0v) is 13.9. The van der Waals surface area contributed by atoms with E-state index in [0.29, 0.717) is 16.9 Å². The highest BCUT2D eigenvalue weighted by molar-refractivity contribution is 7.99. The van der Waals surface area contributed by atoms with Gasteiger partial charge in [0, 0.05) is 11.3 Å². The van der Waals surface area contributed by atoms with Gasteiger partial charge in [-0.2, -0.15) is 17.0 Å². The maximum atomic E-state index is 12.1. The van der Waals surface area contributed by atoms with Crippen molar-refractivity contribution in [2.24, 2.45) is 0 Å². The van der Waals surface area contributed by atoms with Crippen molar-refractivity contribution in [3.8, 4) is 6.07 Å². The molecule has 1 fully saturated rings. The highest BCUT2D eigenvalue weighted by atomic mass is 32.2. The number of hydrogen-bond acceptors (Lipinski definition) is 5. The van der Waals surface area contributed by atoms with Crippen molar-refractivity contribution in [2.75, 3.05) is 12.9 Å². The highest BCUT2D eigenvalue weighted by Gasteiger charge is 2.30. The topological polar surface area (TPSA) is 62.1 Å². The molecule has 2 rings (SSSR count). The first-order valence-corrected chi connectivity index (χ1v) is 8.68. The molecule has 0 spiro atoms. The van der Waals surface area contributed by atoms with Gasteiger partial charge in [0.2, 0.25) is 0 Å². The van der Waals surface area contributed by atoms with Crippen molar-refractivity contribution < 1.29 is 9.53 Å². The third-order valence-corrected chi connectivity index (χ3v) is 5.21. The molecule has 0 unspecified atom stereocenters. The summed E-state index contributed by atoms with van der Waals surface area (Å²) in [6.07, 6.45) is 3.33. The van der Waals surface area contributed by atoms with E-state index >= 15 is 0 Å². The molecule has 1 aliphatic carbocycles. The average molecular weight is 318 g/mol. The van der Waals surface area contributed by atoms with Crippen LogP contribution in [0.25, 0.3) is 0 Å². The summed E-state index contributed by atoms with van der Waals surface area (Å²) in [6.45, 7) is 2.18. The number of hydrogen-bond donors (Lipinski definition) is 1. The molecule has 22 heavy (non-hydrogen) atoms. The molecule has 118 valence electrons. The van der Waals surface area contributed by atoms with Crippen LogP contribution in [-0.4, -0.2) is 30.1 Å². The quantitative estimate of drug-likeness (QED) is 0.817. The number of esters is 1. The van der Waals surface area contributed by atoms with Gasteiger partial charge in [0.25, 0.3) is 0 Å². The Balaban J connectivity index is 2.10. The fourth-order valence-corrected chi connectivity index (χ4v) is 4.06. The number of thioether (sulfide) groups is 1. The Bertz CT molecular complexity index is 556. The summed E-state index contributed by atoms with van der Waals surface area (Å²) in [7, 11) is 1.40. The standard InChI is InChI=1S/C17H22N2O2S/c1-3-22-15-8-7-14(10-15)19-16(17(20)21-2)13-6-4-5-12(9-13)11-18/h4-6,9,14-16,19H,3,7-8,10H2,1-2H3/t14-,15+,16+/m0/s1. The molecule has 1 N–H and O–H groups in total. The SMILES string of the molecule is CCS[C@@H]1CC[C@H](N[C@@H](C(=O)OC)c2cccc(C#N)c2)C1. The minimum absolute atomic E-state index is 0.304. The maximum Gasteiger partial charge on any atom is 0.327 e. The van der Waals surface area contributed by atoms with Crippen LogP contribution in [0.1, 0.15) is 43.4 Å². The van der Waals surface area contributed by atoms with Crippen molar-refractivity contribution in [2.45, 2.75) is 43.5 Å². The molecule has 0 aromatic heterocycles. The summed E-state index contributed by atoms with van der Waals surface area (Å²) in [5.74, 6) is 0.823. The Morgan fingerprint density at radius 2 is 2.36 bits per heavy atom. The van der Waals surface area contributed by atoms with Crippen LogP contribution in [0.3, 0.4) is 0 Å². The van der Waals surface area contributed by atoms with Crippen LogP contribution in [0.4, 0.5) is 0 Å². The van der Waals surface area contributed by atoms with Gasteiger partial charge in [-0.05, 0) is 42.7 Å². The minimum Gasteiger partial charge on any atom is -0.468 e. The third-order valence-electron chi connectivity index (χ3n) is 3.98. The molecule has 1 aliphatic rings. The van der Waals surface area contributed by atoms with Crippen LogP contribution < -0.4 is 5.32 Å². The largest absolute Gasteiger partial charge is 0.468 e. The van der Waals surface area contributed by atoms with E-state index in [1.54, 1.807) is 18.2 Å². The summed E-state index contributed by atoms with van der Waals surface area (Å²) >= 11 is 1.99. The molecule has 3 atom stereocenters. The van der Waals surface area contributed by atoms with E-state index in [4.69, 9.17) is 10.00 Å². The summed E-state index contributed by atoms with van der Waals surface area (Å²) < 4.78 is 4.94. The van der Waals surface area contributed by atoms with Gasteiger partial charge in [0.15, 0.2) is 0 Å². The van der Waals surface area contributed by atoms with E-state index in [1.807, 2.05) is 17.8 Å². The molecule has 1 aromatic rings. The van der Waals surface area contributed by atoms with Gasteiger partial charge in [0.1, 0.15) is 6.04 Å². The number of carbonyl (C=O) groups excluding carboxylic acids is 1. The second kappa shape index (κ2) is 8.21. The van der Waals surface area contributed by atoms with Gasteiger partial charge in [-0.1, -0.05) is 19.1 Å². The average Bonchev–Trinajstić information content (AvgIpc) is 2.99. The van der Waals surface area contributed by atoms with Crippen molar-refractivity contribution in [1.82, 2.24) is 5.32 Å². The Kier molecular flexibility index (Phi) is 6.29. The van der Waals surface area contributed by atoms with Crippen molar-refractivity contribution >= 4 is 17.7 Å². The van der Waals surface area contributed by atoms with Crippen LogP contribution in [0, 0.1) is 11.3 Å². The van der Waals surface area contributed by atoms with Gasteiger partial charge >= 0.3 is 5.97 Å². The summed E-state index contributed by atoms with van der Waals surface area (Å²) in [6, 6.07) is 9.08. The van der Waals surface area contributed by atoms with Crippen molar-refractivity contribution in [3.05, 3.63) is 35.4 Å². The van der Waals surface area contributed by atoms with Gasteiger partial charge in [0.05, 0.1) is 18.7 Å². The van der Waals surface area contributed by atoms with Crippen LogP contribution in [0.2, 0.25) is 0 Å². The number of nitriles is 1. The van der Waals surface area contributed by atoms with E-state index in [9.17, 15) is 4.79 Å². The summed E-state index contributed by atoms with van der Waals surface area (Å²) in [5.41, 5.74) is 1.34. The van der Waals surface area contributed by atoms with Gasteiger partial charge < -0.3 is 4.74 Å². The van der Waals surface area contributed by atoms with E-state index in [2.05, 4.69) is 18.3 Å². The van der Waals surface area contributed by atoms with Crippen LogP contribution in [0.5, 0.6) is 0 Å². The molecule has 1 aromatic carbocycles. The van der Waals surface area contributed by atoms with Crippen LogP contribution in [-0.2, 0) is 9.53 Å². The highest BCUT2D eigenvalue weighted by Crippen LogP contribution is 2.31. The smallest absolute Gasteiger partial charge is 0.327 e. The lowest BCUT2D eigenvalue weighted by Gasteiger charge is -2.21. The molecule has 0 radical (unpaired) electrons. The predicted octanol–water partition coefficient (Wildman–Crippen LogP) is 3.04. The predicted molar refractivity (Wildman–Crippen MR) is 88.6 cm³/mol. The van der Waals surface area contributed by atoms with Gasteiger partial charge in [-0.3, -0.25) is 5.32 Å². The molecule has 1 saturated carbocycles. The Morgan fingerprint density at radius 1 is 1.55 bits per heavy atom. The fourth-order valence-electron chi connectivity index (χ4n) is 2.92. The third kappa shape index (κ3) is 4.25. The summed E-state index contributed by atoms with van der Waals surface area (Å²) in [5, 5.41) is 13.1. The lowest BCUT2D eigenvalue weighted by molar-refractivity contribution is -0.143. The number of methoxy groups -OCH3 is 1. The molecule has 0 aliphatic heterocycles. The first kappa shape index (κ1) is 16.9. The van der Waals surface area contributed by atoms with Gasteiger partial charge in [-0.15, -0.1) is 0 Å². The number of carbonyl (C=O) groups is 1. The van der Waals surface area contributed by atoms with Gasteiger partial charge in [-0.25, -0.2) is 4.79 Å². The zero-order chi connectivity index (χ0) is 15.9. The number of ether oxygens (including phenoxy) is 1. The zero-order valence-electron chi connectivity index (χ0n) is 13.0. The maximum absolute atomic E-state index is 12.1. The number of nitrogens with zero attached hydrogens (tertiary/aromatic N) is 1. The Hall–Kier alpha value is -1.51. The molecule has 0 bridgehead atoms. The van der Waals surface area contributed by atoms with E-state index in [-0.39, 0.29) is 5.97 Å². The number of nitrogens with one attached hydrogen (secondary N) is 1. The van der Waals surface area contributed by atoms with E-state index in [0.717, 1.165) is 24.2 Å². The van der Waals surface area contributed by atoms with Crippen molar-refractivity contribution in [3.63, 3.8) is 0 Å². The van der Waals surface area contributed by atoms with Crippen molar-refractivity contribution in [1.29, 1.82) is 5.26 Å². The second-order valence-electron chi connectivity index (χ2n) is 5.45. The minimum atomic E-state index is -0.506. The molecule has 5 heteroatoms. The van der Waals surface area contributed by atoms with E-state index in [1.165, 1.54) is 13.5 Å². The molecular formula is C17H22N2O2S. The fraction of sp³-hybridized carbons (Fsp3) is 0.529. The Morgan fingerprint density at radius 3 is 3.05 bits per heavy atom. The molecular weight excluding hydrogens is 296 g/mol. The van der Waals surface area contributed by atoms with Crippen LogP contribution in [0.15, 0.2) is 24.3 Å². The molecule has 0 heterocycles. The summed E-state index contributed by atoms with van der Waals surface area (Å²) in [4.78, 5) is 12.1. The first-order valence-electron chi connectivity index (χ1n) is 7.63. The second-order valence-corrected chi connectivity index (χ2v) is 7.02. The number of rotatable bonds is 6.